The predicted molar refractivity (Wildman–Crippen MR) is 109 cm³/mol. The van der Waals surface area contributed by atoms with Crippen LogP contribution in [0.25, 0.3) is 0 Å². The lowest BCUT2D eigenvalue weighted by molar-refractivity contribution is 0.616. The van der Waals surface area contributed by atoms with E-state index in [4.69, 9.17) is 0 Å². The van der Waals surface area contributed by atoms with Gasteiger partial charge in [-0.15, -0.1) is 0 Å². The van der Waals surface area contributed by atoms with Crippen LogP contribution < -0.4 is 0 Å². The summed E-state index contributed by atoms with van der Waals surface area (Å²) in [6.07, 6.45) is 0. The van der Waals surface area contributed by atoms with E-state index >= 15 is 0 Å². The molecular formula is C21H22BrP. The molecule has 0 spiro atoms. The van der Waals surface area contributed by atoms with Crippen molar-refractivity contribution in [3.63, 3.8) is 0 Å². The fourth-order valence-corrected chi connectivity index (χ4v) is 3.79. The summed E-state index contributed by atoms with van der Waals surface area (Å²) in [6.45, 7) is 2.28. The van der Waals surface area contributed by atoms with E-state index in [2.05, 4.69) is 114 Å². The minimum absolute atomic E-state index is 0. The molecule has 23 heavy (non-hydrogen) atoms. The number of benzene rings is 3. The van der Waals surface area contributed by atoms with Gasteiger partial charge in [-0.3, -0.25) is 0 Å². The van der Waals surface area contributed by atoms with Gasteiger partial charge in [-0.2, -0.15) is 9.90 Å². The molecule has 0 aliphatic heterocycles. The first-order valence-electron chi connectivity index (χ1n) is 7.58. The topological polar surface area (TPSA) is 0 Å². The van der Waals surface area contributed by atoms with E-state index in [0.717, 1.165) is 0 Å². The molecule has 0 aliphatic carbocycles. The van der Waals surface area contributed by atoms with Gasteiger partial charge in [-0.1, -0.05) is 114 Å². The Morgan fingerprint density at radius 3 is 1.39 bits per heavy atom. The molecule has 0 aliphatic rings. The average molecular weight is 385 g/mol. The number of alkyl halides is 1. The Hall–Kier alpha value is -1.43. The Balaban J connectivity index is 0.00000192. The third-order valence-electron chi connectivity index (χ3n) is 4.28. The number of halogens is 1. The third-order valence-corrected chi connectivity index (χ3v) is 5.89. The van der Waals surface area contributed by atoms with Gasteiger partial charge >= 0.3 is 0 Å². The highest BCUT2D eigenvalue weighted by atomic mass is 79.9. The van der Waals surface area contributed by atoms with E-state index in [9.17, 15) is 0 Å². The highest BCUT2D eigenvalue weighted by molar-refractivity contribution is 9.09. The maximum atomic E-state index is 4.10. The molecule has 3 aromatic rings. The predicted octanol–water partition coefficient (Wildman–Crippen LogP) is 6.19. The van der Waals surface area contributed by atoms with Crippen molar-refractivity contribution in [1.29, 1.82) is 0 Å². The second kappa shape index (κ2) is 7.90. The summed E-state index contributed by atoms with van der Waals surface area (Å²) in [6, 6.07) is 32.0. The van der Waals surface area contributed by atoms with Crippen LogP contribution in [-0.4, -0.2) is 0 Å². The Kier molecular flexibility index (Phi) is 6.16. The van der Waals surface area contributed by atoms with Crippen molar-refractivity contribution >= 4 is 25.8 Å². The van der Waals surface area contributed by atoms with E-state index in [0.29, 0.717) is 5.92 Å². The molecule has 2 heteroatoms. The molecular weight excluding hydrogens is 363 g/mol. The van der Waals surface area contributed by atoms with E-state index in [1.54, 1.807) is 0 Å². The molecule has 0 fully saturated rings. The summed E-state index contributed by atoms with van der Waals surface area (Å²) in [4.78, 5) is 0. The van der Waals surface area contributed by atoms with E-state index in [1.165, 1.54) is 16.7 Å². The monoisotopic (exact) mass is 384 g/mol. The molecule has 2 atom stereocenters. The maximum absolute atomic E-state index is 4.10. The lowest BCUT2D eigenvalue weighted by Crippen LogP contribution is -2.27. The van der Waals surface area contributed by atoms with Gasteiger partial charge in [0, 0.05) is 5.92 Å². The number of hydrogen-bond donors (Lipinski definition) is 0. The minimum Gasteiger partial charge on any atom is -0.153 e. The second-order valence-corrected chi connectivity index (χ2v) is 6.83. The van der Waals surface area contributed by atoms with Crippen LogP contribution in [-0.2, 0) is 4.32 Å². The zero-order valence-electron chi connectivity index (χ0n) is 13.3. The van der Waals surface area contributed by atoms with Gasteiger partial charge < -0.3 is 0 Å². The summed E-state index contributed by atoms with van der Waals surface area (Å²) in [5.41, 5.74) is 3.88. The zero-order valence-corrected chi connectivity index (χ0v) is 16.3. The van der Waals surface area contributed by atoms with Crippen LogP contribution in [0.5, 0.6) is 0 Å². The Morgan fingerprint density at radius 2 is 1.00 bits per heavy atom. The van der Waals surface area contributed by atoms with Crippen LogP contribution in [0.15, 0.2) is 91.0 Å². The highest BCUT2D eigenvalue weighted by Gasteiger charge is 2.37. The van der Waals surface area contributed by atoms with Gasteiger partial charge in [0.25, 0.3) is 0 Å². The van der Waals surface area contributed by atoms with Crippen molar-refractivity contribution < 1.29 is 0 Å². The largest absolute Gasteiger partial charge is 0.153 e. The second-order valence-electron chi connectivity index (χ2n) is 5.58. The van der Waals surface area contributed by atoms with Crippen LogP contribution in [0.4, 0.5) is 0 Å². The first-order valence-corrected chi connectivity index (χ1v) is 8.37. The number of rotatable bonds is 4. The fourth-order valence-electron chi connectivity index (χ4n) is 3.00. The minimum atomic E-state index is -0.239. The van der Waals surface area contributed by atoms with Crippen molar-refractivity contribution in [2.24, 2.45) is 0 Å². The molecule has 2 unspecified atom stereocenters. The normalized spacial score (nSPS) is 12.3. The van der Waals surface area contributed by atoms with E-state index in [1.807, 2.05) is 0 Å². The van der Waals surface area contributed by atoms with Gasteiger partial charge in [0.1, 0.15) is 0 Å². The molecule has 0 amide bonds. The van der Waals surface area contributed by atoms with Crippen molar-refractivity contribution in [1.82, 2.24) is 0 Å². The fraction of sp³-hybridized carbons (Fsp3) is 0.143. The van der Waals surface area contributed by atoms with E-state index in [-0.39, 0.29) is 14.2 Å². The third kappa shape index (κ3) is 3.57. The average Bonchev–Trinajstić information content (AvgIpc) is 2.62. The van der Waals surface area contributed by atoms with Gasteiger partial charge in [0.2, 0.25) is 0 Å². The molecule has 0 saturated heterocycles. The van der Waals surface area contributed by atoms with Crippen molar-refractivity contribution in [2.75, 3.05) is 0 Å². The lowest BCUT2D eigenvalue weighted by Gasteiger charge is -2.35. The van der Waals surface area contributed by atoms with Crippen molar-refractivity contribution in [3.8, 4) is 0 Å². The van der Waals surface area contributed by atoms with Gasteiger partial charge in [-0.25, -0.2) is 0 Å². The van der Waals surface area contributed by atoms with Gasteiger partial charge in [0.05, 0.1) is 4.32 Å². The molecule has 3 aromatic carbocycles. The lowest BCUT2D eigenvalue weighted by atomic mass is 9.78. The zero-order chi connectivity index (χ0) is 15.4. The van der Waals surface area contributed by atoms with Crippen LogP contribution >= 0.6 is 25.8 Å². The first kappa shape index (κ1) is 17.9. The quantitative estimate of drug-likeness (QED) is 0.371. The SMILES string of the molecule is CC(c1ccccc1)C(Br)(c1ccccc1)c1ccccc1.P. The summed E-state index contributed by atoms with van der Waals surface area (Å²) in [5.74, 6) is 0.304. The van der Waals surface area contributed by atoms with Crippen LogP contribution in [0.3, 0.4) is 0 Å². The van der Waals surface area contributed by atoms with E-state index < -0.39 is 0 Å². The van der Waals surface area contributed by atoms with Crippen LogP contribution in [0, 0.1) is 0 Å². The number of hydrogen-bond acceptors (Lipinski definition) is 0. The van der Waals surface area contributed by atoms with Gasteiger partial charge in [0.15, 0.2) is 0 Å². The molecule has 0 saturated carbocycles. The van der Waals surface area contributed by atoms with Crippen LogP contribution in [0.2, 0.25) is 0 Å². The summed E-state index contributed by atoms with van der Waals surface area (Å²) in [7, 11) is 0. The Bertz CT molecular complexity index is 671. The summed E-state index contributed by atoms with van der Waals surface area (Å²) < 4.78 is -0.239. The summed E-state index contributed by atoms with van der Waals surface area (Å²) in [5, 5.41) is 0. The van der Waals surface area contributed by atoms with Crippen molar-refractivity contribution in [3.05, 3.63) is 108 Å². The standard InChI is InChI=1S/C21H19Br.H3P/c1-17(18-11-5-2-6-12-18)21(22,19-13-7-3-8-14-19)20-15-9-4-10-16-20;/h2-17H,1H3;1H3. The molecule has 0 N–H and O–H groups in total. The van der Waals surface area contributed by atoms with Crippen LogP contribution in [0.1, 0.15) is 29.5 Å². The Morgan fingerprint density at radius 1 is 0.652 bits per heavy atom. The maximum Gasteiger partial charge on any atom is 0.0820 e. The molecule has 0 bridgehead atoms. The first-order chi connectivity index (χ1) is 10.7. The summed E-state index contributed by atoms with van der Waals surface area (Å²) >= 11 is 4.10. The molecule has 118 valence electrons. The van der Waals surface area contributed by atoms with Crippen molar-refractivity contribution in [2.45, 2.75) is 17.2 Å². The Labute approximate surface area is 150 Å². The smallest absolute Gasteiger partial charge is 0.0820 e. The molecule has 0 nitrogen and oxygen atoms in total. The molecule has 0 radical (unpaired) electrons. The molecule has 0 heterocycles. The highest BCUT2D eigenvalue weighted by Crippen LogP contribution is 2.49. The molecule has 0 aromatic heterocycles. The molecule has 3 rings (SSSR count). The van der Waals surface area contributed by atoms with Gasteiger partial charge in [-0.05, 0) is 16.7 Å².